The molecule has 2 aromatic carbocycles. The van der Waals surface area contributed by atoms with Gasteiger partial charge in [0.15, 0.2) is 5.78 Å². The molecule has 0 saturated carbocycles. The zero-order valence-corrected chi connectivity index (χ0v) is 22.0. The Labute approximate surface area is 218 Å². The molecule has 0 aliphatic carbocycles. The minimum absolute atomic E-state index is 0.0667. The van der Waals surface area contributed by atoms with Gasteiger partial charge in [-0.1, -0.05) is 25.4 Å². The summed E-state index contributed by atoms with van der Waals surface area (Å²) in [5.41, 5.74) is 4.69. The fourth-order valence-electron chi connectivity index (χ4n) is 4.39. The van der Waals surface area contributed by atoms with Crippen molar-refractivity contribution < 1.29 is 9.53 Å². The molecule has 1 aromatic heterocycles. The summed E-state index contributed by atoms with van der Waals surface area (Å²) in [7, 11) is 1.56. The predicted molar refractivity (Wildman–Crippen MR) is 146 cm³/mol. The topological polar surface area (TPSA) is 70.6 Å². The lowest BCUT2D eigenvalue weighted by Crippen LogP contribution is -2.46. The first-order valence-electron chi connectivity index (χ1n) is 12.6. The van der Waals surface area contributed by atoms with Crippen LogP contribution in [0.25, 0.3) is 0 Å². The van der Waals surface area contributed by atoms with E-state index in [9.17, 15) is 4.79 Å². The van der Waals surface area contributed by atoms with Gasteiger partial charge in [-0.15, -0.1) is 0 Å². The molecule has 1 N–H and O–H groups in total. The molecule has 7 nitrogen and oxygen atoms in total. The Morgan fingerprint density at radius 2 is 1.72 bits per heavy atom. The first-order valence-corrected chi connectivity index (χ1v) is 12.9. The molecule has 4 rings (SSSR count). The Bertz CT molecular complexity index is 1160. The highest BCUT2D eigenvalue weighted by atomic mass is 35.5. The van der Waals surface area contributed by atoms with Crippen LogP contribution in [0, 0.1) is 0 Å². The maximum absolute atomic E-state index is 12.2. The van der Waals surface area contributed by atoms with Gasteiger partial charge >= 0.3 is 0 Å². The van der Waals surface area contributed by atoms with E-state index in [1.165, 1.54) is 5.69 Å². The van der Waals surface area contributed by atoms with Crippen molar-refractivity contribution in [2.24, 2.45) is 0 Å². The Balaban J connectivity index is 1.35. The third-order valence-electron chi connectivity index (χ3n) is 6.67. The van der Waals surface area contributed by atoms with Gasteiger partial charge in [0.25, 0.3) is 0 Å². The number of Topliss-reactive ketones (excluding diaryl/α,β-unsaturated/α-hetero) is 1. The highest BCUT2D eigenvalue weighted by molar-refractivity contribution is 6.33. The quantitative estimate of drug-likeness (QED) is 0.368. The smallest absolute Gasteiger partial charge is 0.227 e. The Morgan fingerprint density at radius 1 is 1.03 bits per heavy atom. The van der Waals surface area contributed by atoms with Crippen LogP contribution in [0.5, 0.6) is 5.75 Å². The lowest BCUT2D eigenvalue weighted by molar-refractivity contribution is 0.0987. The normalized spacial score (nSPS) is 14.1. The molecule has 2 heterocycles. The van der Waals surface area contributed by atoms with Crippen molar-refractivity contribution in [2.45, 2.75) is 33.1 Å². The van der Waals surface area contributed by atoms with Crippen LogP contribution in [0.2, 0.25) is 5.02 Å². The summed E-state index contributed by atoms with van der Waals surface area (Å²) in [5, 5.41) is 3.82. The van der Waals surface area contributed by atoms with Crippen molar-refractivity contribution in [3.8, 4) is 5.75 Å². The van der Waals surface area contributed by atoms with E-state index in [1.54, 1.807) is 13.2 Å². The van der Waals surface area contributed by atoms with E-state index in [0.717, 1.165) is 49.5 Å². The molecule has 1 aliphatic heterocycles. The van der Waals surface area contributed by atoms with Gasteiger partial charge in [-0.2, -0.15) is 0 Å². The van der Waals surface area contributed by atoms with Gasteiger partial charge in [0.1, 0.15) is 5.75 Å². The molecule has 0 unspecified atom stereocenters. The first kappa shape index (κ1) is 25.9. The number of piperazine rings is 1. The zero-order valence-electron chi connectivity index (χ0n) is 21.3. The summed E-state index contributed by atoms with van der Waals surface area (Å²) in [4.78, 5) is 26.1. The van der Waals surface area contributed by atoms with Crippen molar-refractivity contribution in [3.05, 3.63) is 70.5 Å². The third kappa shape index (κ3) is 6.33. The highest BCUT2D eigenvalue weighted by Gasteiger charge is 2.16. The van der Waals surface area contributed by atoms with Gasteiger partial charge in [0, 0.05) is 61.9 Å². The summed E-state index contributed by atoms with van der Waals surface area (Å²) >= 11 is 6.50. The Hall–Kier alpha value is -3.16. The predicted octanol–water partition coefficient (Wildman–Crippen LogP) is 5.40. The molecule has 0 atom stereocenters. The van der Waals surface area contributed by atoms with Crippen molar-refractivity contribution in [1.82, 2.24) is 14.9 Å². The average Bonchev–Trinajstić information content (AvgIpc) is 2.93. The number of carbonyl (C=O) groups excluding carboxylic acids is 1. The van der Waals surface area contributed by atoms with Crippen LogP contribution in [0.3, 0.4) is 0 Å². The van der Waals surface area contributed by atoms with Crippen LogP contribution in [-0.4, -0.2) is 60.5 Å². The van der Waals surface area contributed by atoms with Gasteiger partial charge in [-0.05, 0) is 66.9 Å². The fraction of sp³-hybridized carbons (Fsp3) is 0.393. The Morgan fingerprint density at radius 3 is 2.33 bits per heavy atom. The van der Waals surface area contributed by atoms with Gasteiger partial charge in [0.2, 0.25) is 5.95 Å². The maximum atomic E-state index is 12.2. The number of anilines is 3. The molecular weight excluding hydrogens is 474 g/mol. The van der Waals surface area contributed by atoms with E-state index in [-0.39, 0.29) is 5.78 Å². The number of nitrogens with one attached hydrogen (secondary N) is 1. The maximum Gasteiger partial charge on any atom is 0.227 e. The fourth-order valence-corrected chi connectivity index (χ4v) is 4.67. The number of nitrogens with zero attached hydrogens (tertiary/aromatic N) is 4. The number of rotatable bonds is 10. The minimum atomic E-state index is 0.0667. The van der Waals surface area contributed by atoms with Crippen LogP contribution in [-0.2, 0) is 12.8 Å². The summed E-state index contributed by atoms with van der Waals surface area (Å²) < 4.78 is 5.37. The summed E-state index contributed by atoms with van der Waals surface area (Å²) in [6.07, 6.45) is 5.44. The summed E-state index contributed by atoms with van der Waals surface area (Å²) in [5.74, 6) is 1.14. The van der Waals surface area contributed by atoms with Crippen molar-refractivity contribution in [3.63, 3.8) is 0 Å². The third-order valence-corrected chi connectivity index (χ3v) is 7.10. The van der Waals surface area contributed by atoms with Crippen LogP contribution in [0.15, 0.2) is 48.8 Å². The van der Waals surface area contributed by atoms with Crippen LogP contribution >= 0.6 is 11.6 Å². The van der Waals surface area contributed by atoms with Crippen molar-refractivity contribution in [2.75, 3.05) is 50.1 Å². The molecule has 1 aliphatic rings. The van der Waals surface area contributed by atoms with Crippen molar-refractivity contribution in [1.29, 1.82) is 0 Å². The van der Waals surface area contributed by atoms with Crippen molar-refractivity contribution >= 4 is 34.7 Å². The molecule has 1 fully saturated rings. The number of carbonyl (C=O) groups is 1. The monoisotopic (exact) mass is 507 g/mol. The summed E-state index contributed by atoms with van der Waals surface area (Å²) in [6.45, 7) is 9.51. The zero-order chi connectivity index (χ0) is 25.5. The molecule has 190 valence electrons. The van der Waals surface area contributed by atoms with E-state index in [1.807, 2.05) is 25.4 Å². The number of methoxy groups -OCH3 is 1. The van der Waals surface area contributed by atoms with Gasteiger partial charge < -0.3 is 19.9 Å². The van der Waals surface area contributed by atoms with E-state index in [4.69, 9.17) is 16.3 Å². The number of aryl methyl sites for hydroxylation is 2. The first-order chi connectivity index (χ1) is 17.5. The van der Waals surface area contributed by atoms with Crippen LogP contribution in [0.1, 0.15) is 41.8 Å². The molecule has 0 radical (unpaired) electrons. The highest BCUT2D eigenvalue weighted by Crippen LogP contribution is 2.31. The molecule has 0 amide bonds. The number of ketones is 1. The second-order valence-corrected chi connectivity index (χ2v) is 9.31. The molecule has 1 saturated heterocycles. The largest absolute Gasteiger partial charge is 0.495 e. The van der Waals surface area contributed by atoms with Crippen LogP contribution in [0.4, 0.5) is 17.3 Å². The second-order valence-electron chi connectivity index (χ2n) is 8.94. The standard InChI is InChI=1S/C28H34ClN5O2/c1-4-25(35)22-16-21(27(29)26(17-22)36-3)7-6-20-18-30-28(31-19-20)32-23-8-10-24(11-9-23)34-14-12-33(5-2)13-15-34/h8-11,16-19H,4-7,12-15H2,1-3H3,(H,30,31,32). The minimum Gasteiger partial charge on any atom is -0.495 e. The van der Waals surface area contributed by atoms with E-state index >= 15 is 0 Å². The number of hydrogen-bond donors (Lipinski definition) is 1. The number of ether oxygens (including phenoxy) is 1. The molecule has 0 bridgehead atoms. The number of likely N-dealkylation sites (N-methyl/N-ethyl adjacent to an activating group) is 1. The lowest BCUT2D eigenvalue weighted by atomic mass is 10.0. The molecule has 3 aromatic rings. The average molecular weight is 508 g/mol. The summed E-state index contributed by atoms with van der Waals surface area (Å²) in [6, 6.07) is 12.0. The molecular formula is C28H34ClN5O2. The SMILES string of the molecule is CCC(=O)c1cc(CCc2cnc(Nc3ccc(N4CCN(CC)CC4)cc3)nc2)c(Cl)c(OC)c1. The van der Waals surface area contributed by atoms with Gasteiger partial charge in [-0.25, -0.2) is 9.97 Å². The van der Waals surface area contributed by atoms with Gasteiger partial charge in [0.05, 0.1) is 12.1 Å². The van der Waals surface area contributed by atoms with E-state index < -0.39 is 0 Å². The Kier molecular flexibility index (Phi) is 8.78. The second kappa shape index (κ2) is 12.2. The van der Waals surface area contributed by atoms with Crippen LogP contribution < -0.4 is 15.0 Å². The van der Waals surface area contributed by atoms with E-state index in [0.29, 0.717) is 41.5 Å². The number of hydrogen-bond acceptors (Lipinski definition) is 7. The van der Waals surface area contributed by atoms with E-state index in [2.05, 4.69) is 56.3 Å². The molecule has 8 heteroatoms. The number of aromatic nitrogens is 2. The number of halogens is 1. The molecule has 0 spiro atoms. The lowest BCUT2D eigenvalue weighted by Gasteiger charge is -2.35. The number of benzene rings is 2. The van der Waals surface area contributed by atoms with Gasteiger partial charge in [-0.3, -0.25) is 4.79 Å². The molecule has 36 heavy (non-hydrogen) atoms.